The highest BCUT2D eigenvalue weighted by Gasteiger charge is 2.28. The summed E-state index contributed by atoms with van der Waals surface area (Å²) in [5.41, 5.74) is -1.88. The van der Waals surface area contributed by atoms with Gasteiger partial charge in [-0.2, -0.15) is 0 Å². The van der Waals surface area contributed by atoms with Gasteiger partial charge in [-0.3, -0.25) is 14.4 Å². The second kappa shape index (κ2) is 11.3. The van der Waals surface area contributed by atoms with Gasteiger partial charge < -0.3 is 30.9 Å². The maximum atomic E-state index is 12.3. The van der Waals surface area contributed by atoms with Crippen molar-refractivity contribution in [3.8, 4) is 0 Å². The van der Waals surface area contributed by atoms with E-state index in [-0.39, 0.29) is 24.3 Å². The van der Waals surface area contributed by atoms with Gasteiger partial charge in [0.05, 0.1) is 6.04 Å². The van der Waals surface area contributed by atoms with Crippen LogP contribution in [0, 0.1) is 0 Å². The van der Waals surface area contributed by atoms with Gasteiger partial charge in [-0.1, -0.05) is 30.3 Å². The molecule has 34 heavy (non-hydrogen) atoms. The van der Waals surface area contributed by atoms with Gasteiger partial charge in [-0.15, -0.1) is 0 Å². The van der Waals surface area contributed by atoms with Gasteiger partial charge in [-0.05, 0) is 39.2 Å². The highest BCUT2D eigenvalue weighted by atomic mass is 16.6. The van der Waals surface area contributed by atoms with Crippen LogP contribution in [-0.4, -0.2) is 52.5 Å². The van der Waals surface area contributed by atoms with Crippen LogP contribution in [-0.2, 0) is 20.7 Å². The Balaban J connectivity index is 2.14. The zero-order valence-electron chi connectivity index (χ0n) is 19.2. The molecule has 0 aliphatic heterocycles. The molecule has 0 spiro atoms. The predicted octanol–water partition coefficient (Wildman–Crippen LogP) is 1.56. The molecule has 0 heterocycles. The maximum absolute atomic E-state index is 12.3. The SMILES string of the molecule is CC(C)(C)OC(=O)N[C@H](CNc1c(N[C@@H](CCC(=O)O)C(=O)O)c(=O)c1=O)Cc1ccccc1. The van der Waals surface area contributed by atoms with Gasteiger partial charge in [0.25, 0.3) is 10.9 Å². The Morgan fingerprint density at radius 1 is 1.00 bits per heavy atom. The van der Waals surface area contributed by atoms with E-state index in [4.69, 9.17) is 9.84 Å². The number of rotatable bonds is 12. The van der Waals surface area contributed by atoms with Crippen LogP contribution in [0.4, 0.5) is 16.2 Å². The molecule has 5 N–H and O–H groups in total. The fourth-order valence-electron chi connectivity index (χ4n) is 3.17. The maximum Gasteiger partial charge on any atom is 0.407 e. The molecule has 11 nitrogen and oxygen atoms in total. The minimum Gasteiger partial charge on any atom is -0.481 e. The minimum atomic E-state index is -1.36. The van der Waals surface area contributed by atoms with Crippen molar-refractivity contribution in [2.24, 2.45) is 0 Å². The summed E-state index contributed by atoms with van der Waals surface area (Å²) in [5, 5.41) is 26.1. The minimum absolute atomic E-state index is 0.0422. The lowest BCUT2D eigenvalue weighted by molar-refractivity contribution is -0.139. The third kappa shape index (κ3) is 7.91. The number of benzene rings is 1. The van der Waals surface area contributed by atoms with E-state index in [9.17, 15) is 29.1 Å². The lowest BCUT2D eigenvalue weighted by Crippen LogP contribution is -2.46. The number of alkyl carbamates (subject to hydrolysis) is 1. The number of carboxylic acids is 2. The van der Waals surface area contributed by atoms with Crippen LogP contribution in [0.15, 0.2) is 39.9 Å². The van der Waals surface area contributed by atoms with E-state index in [2.05, 4.69) is 16.0 Å². The van der Waals surface area contributed by atoms with Crippen molar-refractivity contribution < 1.29 is 29.3 Å². The quantitative estimate of drug-likeness (QED) is 0.284. The number of carbonyl (C=O) groups excluding carboxylic acids is 1. The van der Waals surface area contributed by atoms with E-state index < -0.39 is 53.0 Å². The van der Waals surface area contributed by atoms with Gasteiger partial charge in [-0.25, -0.2) is 9.59 Å². The molecule has 0 aliphatic carbocycles. The number of anilines is 2. The number of ether oxygens (including phenoxy) is 1. The number of amides is 1. The van der Waals surface area contributed by atoms with Crippen molar-refractivity contribution in [3.05, 3.63) is 56.3 Å². The van der Waals surface area contributed by atoms with Crippen LogP contribution < -0.4 is 26.8 Å². The van der Waals surface area contributed by atoms with E-state index in [1.54, 1.807) is 20.8 Å². The van der Waals surface area contributed by atoms with Crippen LogP contribution in [0.1, 0.15) is 39.2 Å². The Kier molecular flexibility index (Phi) is 8.76. The van der Waals surface area contributed by atoms with E-state index >= 15 is 0 Å². The Morgan fingerprint density at radius 3 is 2.18 bits per heavy atom. The summed E-state index contributed by atoms with van der Waals surface area (Å²) in [6, 6.07) is 7.38. The largest absolute Gasteiger partial charge is 0.481 e. The van der Waals surface area contributed by atoms with Crippen molar-refractivity contribution in [3.63, 3.8) is 0 Å². The van der Waals surface area contributed by atoms with Crippen LogP contribution in [0.3, 0.4) is 0 Å². The first-order valence-electron chi connectivity index (χ1n) is 10.7. The average molecular weight is 475 g/mol. The Hall–Kier alpha value is -3.89. The lowest BCUT2D eigenvalue weighted by atomic mass is 10.1. The molecule has 0 fully saturated rings. The second-order valence-electron chi connectivity index (χ2n) is 8.79. The molecule has 2 atom stereocenters. The molecule has 0 aliphatic rings. The fraction of sp³-hybridized carbons (Fsp3) is 0.435. The van der Waals surface area contributed by atoms with Crippen LogP contribution in [0.5, 0.6) is 0 Å². The molecular formula is C23H29N3O8. The molecule has 0 unspecified atom stereocenters. The van der Waals surface area contributed by atoms with Crippen LogP contribution in [0.25, 0.3) is 0 Å². The lowest BCUT2D eigenvalue weighted by Gasteiger charge is -2.25. The number of aliphatic carboxylic acids is 2. The van der Waals surface area contributed by atoms with Gasteiger partial charge in [0, 0.05) is 13.0 Å². The summed E-state index contributed by atoms with van der Waals surface area (Å²) >= 11 is 0. The highest BCUT2D eigenvalue weighted by Crippen LogP contribution is 2.18. The molecule has 0 saturated heterocycles. The Morgan fingerprint density at radius 2 is 1.62 bits per heavy atom. The Labute approximate surface area is 195 Å². The molecule has 1 amide bonds. The molecule has 11 heteroatoms. The number of carbonyl (C=O) groups is 3. The summed E-state index contributed by atoms with van der Waals surface area (Å²) < 4.78 is 5.30. The first kappa shape index (κ1) is 26.4. The van der Waals surface area contributed by atoms with E-state index in [1.807, 2.05) is 30.3 Å². The predicted molar refractivity (Wildman–Crippen MR) is 125 cm³/mol. The molecule has 2 aromatic carbocycles. The van der Waals surface area contributed by atoms with Crippen LogP contribution >= 0.6 is 0 Å². The van der Waals surface area contributed by atoms with Crippen LogP contribution in [0.2, 0.25) is 0 Å². The molecule has 0 radical (unpaired) electrons. The first-order valence-corrected chi connectivity index (χ1v) is 10.7. The topological polar surface area (TPSA) is 171 Å². The van der Waals surface area contributed by atoms with E-state index in [1.165, 1.54) is 0 Å². The van der Waals surface area contributed by atoms with Crippen molar-refractivity contribution in [2.45, 2.75) is 57.7 Å². The second-order valence-corrected chi connectivity index (χ2v) is 8.79. The number of nitrogens with one attached hydrogen (secondary N) is 3. The normalized spacial score (nSPS) is 13.0. The summed E-state index contributed by atoms with van der Waals surface area (Å²) in [6.45, 7) is 5.21. The smallest absolute Gasteiger partial charge is 0.407 e. The average Bonchev–Trinajstić information content (AvgIpc) is 2.73. The van der Waals surface area contributed by atoms with E-state index in [0.717, 1.165) is 5.56 Å². The van der Waals surface area contributed by atoms with E-state index in [0.29, 0.717) is 6.42 Å². The molecule has 2 aromatic rings. The molecule has 184 valence electrons. The first-order chi connectivity index (χ1) is 15.9. The van der Waals surface area contributed by atoms with Gasteiger partial charge in [0.1, 0.15) is 23.0 Å². The molecule has 0 saturated carbocycles. The standard InChI is InChI=1S/C23H29N3O8/c1-23(2,3)34-22(33)25-14(11-13-7-5-4-6-8-13)12-24-17-18(20(30)19(17)29)26-15(21(31)32)9-10-16(27)28/h4-8,14-15,24,26H,9-12H2,1-3H3,(H,25,33)(H,27,28)(H,31,32)/t14-,15-/m0/s1. The third-order valence-electron chi connectivity index (χ3n) is 4.74. The summed E-state index contributed by atoms with van der Waals surface area (Å²) in [6.07, 6.45) is -0.971. The Bertz CT molecular complexity index is 1080. The van der Waals surface area contributed by atoms with Gasteiger partial charge in [0.2, 0.25) is 0 Å². The van der Waals surface area contributed by atoms with Gasteiger partial charge in [0.15, 0.2) is 0 Å². The molecule has 0 aromatic heterocycles. The number of hydrogen-bond acceptors (Lipinski definition) is 8. The van der Waals surface area contributed by atoms with Gasteiger partial charge >= 0.3 is 18.0 Å². The fourth-order valence-corrected chi connectivity index (χ4v) is 3.17. The monoisotopic (exact) mass is 475 g/mol. The molecule has 0 bridgehead atoms. The zero-order chi connectivity index (χ0) is 25.5. The molecule has 2 rings (SSSR count). The zero-order valence-corrected chi connectivity index (χ0v) is 19.2. The highest BCUT2D eigenvalue weighted by molar-refractivity contribution is 5.83. The van der Waals surface area contributed by atoms with Crippen molar-refractivity contribution in [2.75, 3.05) is 17.2 Å². The summed E-state index contributed by atoms with van der Waals surface area (Å²) in [4.78, 5) is 58.6. The number of carboxylic acid groups (broad SMARTS) is 2. The number of hydrogen-bond donors (Lipinski definition) is 5. The third-order valence-corrected chi connectivity index (χ3v) is 4.74. The van der Waals surface area contributed by atoms with Crippen molar-refractivity contribution >= 4 is 29.4 Å². The summed E-state index contributed by atoms with van der Waals surface area (Å²) in [7, 11) is 0. The summed E-state index contributed by atoms with van der Waals surface area (Å²) in [5.74, 6) is -2.54. The van der Waals surface area contributed by atoms with Crippen molar-refractivity contribution in [1.29, 1.82) is 0 Å². The molecular weight excluding hydrogens is 446 g/mol. The van der Waals surface area contributed by atoms with Crippen molar-refractivity contribution in [1.82, 2.24) is 5.32 Å².